The molecule has 0 radical (unpaired) electrons. The predicted molar refractivity (Wildman–Crippen MR) is 228 cm³/mol. The summed E-state index contributed by atoms with van der Waals surface area (Å²) in [6.07, 6.45) is 3.37. The minimum Gasteiger partial charge on any atom is -0.508 e. The van der Waals surface area contributed by atoms with E-state index in [1.54, 1.807) is 36.4 Å². The zero-order valence-electron chi connectivity index (χ0n) is 33.6. The van der Waals surface area contributed by atoms with Crippen LogP contribution in [0.3, 0.4) is 0 Å². The molecule has 63 heavy (non-hydrogen) atoms. The Balaban J connectivity index is 1.22. The first kappa shape index (κ1) is 41.4. The van der Waals surface area contributed by atoms with Crippen LogP contribution in [-0.2, 0) is 31.0 Å². The van der Waals surface area contributed by atoms with Crippen molar-refractivity contribution in [2.45, 2.75) is 24.7 Å². The summed E-state index contributed by atoms with van der Waals surface area (Å²) < 4.78 is 11.6. The summed E-state index contributed by atoms with van der Waals surface area (Å²) in [5.74, 6) is -7.06. The summed E-state index contributed by atoms with van der Waals surface area (Å²) in [6.45, 7) is 0. The Labute approximate surface area is 368 Å². The molecule has 17 nitrogen and oxygen atoms in total. The number of allylic oxidation sites excluding steroid dienone is 3. The van der Waals surface area contributed by atoms with Crippen LogP contribution in [0.4, 0.5) is 28.4 Å². The molecule has 4 aromatic carbocycles. The van der Waals surface area contributed by atoms with Crippen LogP contribution in [0.15, 0.2) is 96.3 Å². The summed E-state index contributed by atoms with van der Waals surface area (Å²) in [6, 6.07) is 17.9. The maximum atomic E-state index is 15.6. The number of carbonyl (C=O) groups is 4. The first-order chi connectivity index (χ1) is 30.1. The van der Waals surface area contributed by atoms with Crippen LogP contribution < -0.4 is 24.7 Å². The summed E-state index contributed by atoms with van der Waals surface area (Å²) in [4.78, 5) is 85.2. The number of phenolic OH excluding ortho intramolecular Hbond substituents is 1. The van der Waals surface area contributed by atoms with Gasteiger partial charge in [0.2, 0.25) is 11.8 Å². The third-order valence-electron chi connectivity index (χ3n) is 12.9. The van der Waals surface area contributed by atoms with E-state index in [0.29, 0.717) is 38.8 Å². The first-order valence-corrected chi connectivity index (χ1v) is 20.5. The molecule has 2 saturated heterocycles. The molecular formula is C44H36Cl2N6O11. The lowest BCUT2D eigenvalue weighted by molar-refractivity contribution is -0.392. The van der Waals surface area contributed by atoms with E-state index in [1.807, 2.05) is 6.08 Å². The highest BCUT2D eigenvalue weighted by molar-refractivity contribution is 6.36. The van der Waals surface area contributed by atoms with E-state index in [2.05, 4.69) is 5.43 Å². The van der Waals surface area contributed by atoms with Crippen LogP contribution in [-0.4, -0.2) is 64.8 Å². The number of rotatable bonds is 9. The van der Waals surface area contributed by atoms with Crippen LogP contribution in [0.25, 0.3) is 0 Å². The SMILES string of the molecule is COc1ccc(C23C(=O)N(Nc4ccc(Cl)cc4Cl)C(=O)C2CC2C(=CCC4C(=O)N(c5cc([N+](=O)[O-])c(N(C)C)c([N+](=O)[O-])c5)C(=O)C42)C3C2=COc3ccc(O)cc3C2)cc1. The Hall–Kier alpha value is -6.98. The topological polar surface area (TPSA) is 215 Å². The molecule has 19 heteroatoms. The van der Waals surface area contributed by atoms with E-state index in [-0.39, 0.29) is 47.1 Å². The number of halogens is 2. The summed E-state index contributed by atoms with van der Waals surface area (Å²) in [5.41, 5.74) is 1.58. The van der Waals surface area contributed by atoms with Crippen molar-refractivity contribution in [3.63, 3.8) is 0 Å². The Morgan fingerprint density at radius 2 is 1.60 bits per heavy atom. The second kappa shape index (κ2) is 15.1. The van der Waals surface area contributed by atoms with E-state index in [9.17, 15) is 34.9 Å². The highest BCUT2D eigenvalue weighted by Gasteiger charge is 2.71. The van der Waals surface area contributed by atoms with Crippen LogP contribution in [0.2, 0.25) is 10.0 Å². The highest BCUT2D eigenvalue weighted by Crippen LogP contribution is 2.64. The average Bonchev–Trinajstić information content (AvgIpc) is 3.64. The quantitative estimate of drug-likeness (QED) is 0.0741. The second-order valence-electron chi connectivity index (χ2n) is 16.2. The number of phenols is 1. The van der Waals surface area contributed by atoms with E-state index in [4.69, 9.17) is 32.7 Å². The van der Waals surface area contributed by atoms with Crippen LogP contribution >= 0.6 is 23.2 Å². The Morgan fingerprint density at radius 3 is 2.24 bits per heavy atom. The van der Waals surface area contributed by atoms with Gasteiger partial charge < -0.3 is 19.5 Å². The molecule has 3 fully saturated rings. The fraction of sp³-hybridized carbons (Fsp3) is 0.273. The molecule has 6 atom stereocenters. The standard InChI is InChI=1S/C44H36Cl2N6O11/c1-48(2)39-34(51(58)59)17-25(18-35(39)52(60)61)49-40(54)29-11-10-28-30(37(29)42(49)56)19-31-41(55)50(47-33-12-6-24(45)16-32(33)46)43(57)44(31,23-4-8-27(62-3)9-5-23)38(28)22-14-21-15-26(53)7-13-36(21)63-20-22/h4-10,12-13,15-18,20,29-31,37-38,47,53H,11,14,19H2,1-3H3. The summed E-state index contributed by atoms with van der Waals surface area (Å²) in [5, 5.41) is 36.5. The molecule has 0 aromatic heterocycles. The smallest absolute Gasteiger partial charge is 0.301 e. The number of hydrogen-bond acceptors (Lipinski definition) is 13. The average molecular weight is 896 g/mol. The Kier molecular flexibility index (Phi) is 9.94. The number of methoxy groups -OCH3 is 1. The highest BCUT2D eigenvalue weighted by atomic mass is 35.5. The number of benzene rings is 4. The summed E-state index contributed by atoms with van der Waals surface area (Å²) >= 11 is 12.8. The minimum atomic E-state index is -1.71. The van der Waals surface area contributed by atoms with Crippen molar-refractivity contribution in [3.8, 4) is 17.2 Å². The van der Waals surface area contributed by atoms with Gasteiger partial charge in [0.05, 0.1) is 62.8 Å². The second-order valence-corrected chi connectivity index (χ2v) is 17.1. The van der Waals surface area contributed by atoms with Crippen LogP contribution in [0, 0.1) is 49.8 Å². The van der Waals surface area contributed by atoms with Gasteiger partial charge in [-0.2, -0.15) is 5.01 Å². The zero-order chi connectivity index (χ0) is 44.8. The number of hydrazine groups is 1. The molecule has 1 saturated carbocycles. The molecule has 5 aliphatic rings. The van der Waals surface area contributed by atoms with Gasteiger partial charge in [0.1, 0.15) is 17.2 Å². The summed E-state index contributed by atoms with van der Waals surface area (Å²) in [7, 11) is 4.29. The molecule has 0 bridgehead atoms. The lowest BCUT2D eigenvalue weighted by Gasteiger charge is -2.51. The number of imide groups is 2. The van der Waals surface area contributed by atoms with Crippen molar-refractivity contribution in [2.75, 3.05) is 36.4 Å². The maximum Gasteiger partial charge on any atom is 0.301 e. The van der Waals surface area contributed by atoms with E-state index >= 15 is 9.59 Å². The number of amides is 4. The predicted octanol–water partition coefficient (Wildman–Crippen LogP) is 7.13. The monoisotopic (exact) mass is 894 g/mol. The van der Waals surface area contributed by atoms with Crippen molar-refractivity contribution in [1.82, 2.24) is 5.01 Å². The van der Waals surface area contributed by atoms with Gasteiger partial charge in [0.15, 0.2) is 5.69 Å². The number of fused-ring (bicyclic) bond motifs is 5. The fourth-order valence-electron chi connectivity index (χ4n) is 10.4. The van der Waals surface area contributed by atoms with Gasteiger partial charge in [-0.25, -0.2) is 4.90 Å². The molecule has 4 amide bonds. The van der Waals surface area contributed by atoms with Crippen molar-refractivity contribution in [2.24, 2.45) is 29.6 Å². The van der Waals surface area contributed by atoms with Crippen molar-refractivity contribution in [3.05, 3.63) is 138 Å². The maximum absolute atomic E-state index is 15.6. The minimum absolute atomic E-state index is 0.00655. The molecular weight excluding hydrogens is 859 g/mol. The number of nitro benzene ring substituents is 2. The first-order valence-electron chi connectivity index (χ1n) is 19.7. The van der Waals surface area contributed by atoms with Gasteiger partial charge in [-0.3, -0.25) is 44.8 Å². The number of aromatic hydroxyl groups is 1. The molecule has 6 unspecified atom stereocenters. The van der Waals surface area contributed by atoms with Gasteiger partial charge in [-0.15, -0.1) is 0 Å². The van der Waals surface area contributed by atoms with Gasteiger partial charge in [-0.05, 0) is 78.4 Å². The molecule has 0 spiro atoms. The van der Waals surface area contributed by atoms with Gasteiger partial charge in [0, 0.05) is 49.2 Å². The number of carbonyl (C=O) groups excluding carboxylic acids is 4. The number of nitrogens with one attached hydrogen (secondary N) is 1. The normalized spacial score (nSPS) is 24.7. The molecule has 3 heterocycles. The third-order valence-corrected chi connectivity index (χ3v) is 13.4. The molecule has 3 aliphatic heterocycles. The van der Waals surface area contributed by atoms with Crippen LogP contribution in [0.5, 0.6) is 17.2 Å². The van der Waals surface area contributed by atoms with Gasteiger partial charge in [-0.1, -0.05) is 47.0 Å². The molecule has 9 rings (SSSR count). The number of anilines is 3. The van der Waals surface area contributed by atoms with Crippen molar-refractivity contribution >= 4 is 75.3 Å². The lowest BCUT2D eigenvalue weighted by Crippen LogP contribution is -2.55. The van der Waals surface area contributed by atoms with E-state index < -0.39 is 79.9 Å². The fourth-order valence-corrected chi connectivity index (χ4v) is 10.8. The Morgan fingerprint density at radius 1 is 0.905 bits per heavy atom. The molecule has 4 aromatic rings. The van der Waals surface area contributed by atoms with E-state index in [1.165, 1.54) is 56.6 Å². The number of ether oxygens (including phenoxy) is 2. The van der Waals surface area contributed by atoms with Crippen LogP contribution in [0.1, 0.15) is 24.0 Å². The van der Waals surface area contributed by atoms with Gasteiger partial charge >= 0.3 is 11.4 Å². The number of nitrogens with zero attached hydrogens (tertiary/aromatic N) is 5. The number of nitro groups is 2. The lowest BCUT2D eigenvalue weighted by atomic mass is 9.48. The molecule has 2 aliphatic carbocycles. The number of hydrogen-bond donors (Lipinski definition) is 2. The Bertz CT molecular complexity index is 2740. The van der Waals surface area contributed by atoms with Crippen molar-refractivity contribution < 1.29 is 43.6 Å². The largest absolute Gasteiger partial charge is 0.508 e. The van der Waals surface area contributed by atoms with E-state index in [0.717, 1.165) is 22.0 Å². The third kappa shape index (κ3) is 6.27. The van der Waals surface area contributed by atoms with Gasteiger partial charge in [0.25, 0.3) is 11.8 Å². The molecule has 322 valence electrons. The van der Waals surface area contributed by atoms with Crippen molar-refractivity contribution in [1.29, 1.82) is 0 Å². The molecule has 2 N–H and O–H groups in total. The zero-order valence-corrected chi connectivity index (χ0v) is 35.1.